The third kappa shape index (κ3) is 2.41. The van der Waals surface area contributed by atoms with Gasteiger partial charge in [-0.1, -0.05) is 25.3 Å². The molecule has 0 aromatic heterocycles. The molecule has 108 valence electrons. The van der Waals surface area contributed by atoms with E-state index >= 15 is 0 Å². The highest BCUT2D eigenvalue weighted by atomic mass is 16.5. The van der Waals surface area contributed by atoms with Gasteiger partial charge >= 0.3 is 0 Å². The second-order valence-electron chi connectivity index (χ2n) is 5.96. The van der Waals surface area contributed by atoms with Gasteiger partial charge < -0.3 is 14.4 Å². The van der Waals surface area contributed by atoms with Crippen LogP contribution in [0.25, 0.3) is 0 Å². The number of carbonyl (C=O) groups excluding carboxylic acids is 1. The highest BCUT2D eigenvalue weighted by Crippen LogP contribution is 2.38. The van der Waals surface area contributed by atoms with E-state index in [1.807, 2.05) is 6.07 Å². The summed E-state index contributed by atoms with van der Waals surface area (Å²) in [6, 6.07) is 6.66. The fourth-order valence-electron chi connectivity index (χ4n) is 3.69. The lowest BCUT2D eigenvalue weighted by Crippen LogP contribution is -2.47. The molecule has 0 N–H and O–H groups in total. The zero-order valence-electron chi connectivity index (χ0n) is 12.2. The summed E-state index contributed by atoms with van der Waals surface area (Å²) in [5.74, 6) is 1.06. The van der Waals surface area contributed by atoms with Crippen LogP contribution in [-0.2, 0) is 11.2 Å². The Balaban J connectivity index is 1.99. The third-order valence-corrected chi connectivity index (χ3v) is 4.78. The second-order valence-corrected chi connectivity index (χ2v) is 5.96. The zero-order chi connectivity index (χ0) is 13.9. The smallest absolute Gasteiger partial charge is 0.125 e. The molecule has 0 unspecified atom stereocenters. The minimum atomic E-state index is 0.147. The maximum absolute atomic E-state index is 11.5. The number of fused-ring (bicyclic) bond motifs is 3. The molecule has 2 aliphatic heterocycles. The number of anilines is 1. The van der Waals surface area contributed by atoms with Crippen molar-refractivity contribution in [2.75, 3.05) is 18.6 Å². The number of benzene rings is 1. The number of rotatable bonds is 2. The molecule has 2 heterocycles. The number of nitrogens with zero attached hydrogens (tertiary/aromatic N) is 1. The van der Waals surface area contributed by atoms with Crippen LogP contribution in [0.5, 0.6) is 5.75 Å². The first-order chi connectivity index (χ1) is 9.83. The quantitative estimate of drug-likeness (QED) is 0.775. The topological polar surface area (TPSA) is 29.5 Å². The molecule has 0 amide bonds. The van der Waals surface area contributed by atoms with Crippen molar-refractivity contribution in [3.05, 3.63) is 23.8 Å². The first-order valence-corrected chi connectivity index (χ1v) is 7.72. The Morgan fingerprint density at radius 1 is 1.25 bits per heavy atom. The SMILES string of the molecule is COc1ccc2c(c1)N1CCCCCC[C@H]1[C@H](C=O)C2. The van der Waals surface area contributed by atoms with Gasteiger partial charge in [0.1, 0.15) is 12.0 Å². The zero-order valence-corrected chi connectivity index (χ0v) is 12.2. The molecule has 0 saturated carbocycles. The van der Waals surface area contributed by atoms with Gasteiger partial charge in [0.15, 0.2) is 0 Å². The van der Waals surface area contributed by atoms with Crippen molar-refractivity contribution in [3.8, 4) is 5.75 Å². The largest absolute Gasteiger partial charge is 0.497 e. The number of hydrogen-bond acceptors (Lipinski definition) is 3. The standard InChI is InChI=1S/C17H23NO2/c1-20-15-8-7-13-10-14(12-19)16-6-4-2-3-5-9-18(16)17(13)11-15/h7-8,11-12,14,16H,2-6,9-10H2,1H3/t14-,16-/m0/s1. The Hall–Kier alpha value is -1.51. The molecule has 0 aliphatic carbocycles. The molecule has 2 aliphatic rings. The second kappa shape index (κ2) is 5.86. The van der Waals surface area contributed by atoms with Crippen molar-refractivity contribution in [3.63, 3.8) is 0 Å². The van der Waals surface area contributed by atoms with Crippen molar-refractivity contribution < 1.29 is 9.53 Å². The van der Waals surface area contributed by atoms with Gasteiger partial charge in [-0.05, 0) is 30.9 Å². The molecule has 20 heavy (non-hydrogen) atoms. The Kier molecular flexibility index (Phi) is 3.95. The molecule has 2 atom stereocenters. The highest BCUT2D eigenvalue weighted by molar-refractivity contribution is 5.66. The first-order valence-electron chi connectivity index (χ1n) is 7.72. The van der Waals surface area contributed by atoms with Crippen LogP contribution in [0.15, 0.2) is 18.2 Å². The Morgan fingerprint density at radius 3 is 2.90 bits per heavy atom. The van der Waals surface area contributed by atoms with Gasteiger partial charge in [0, 0.05) is 30.3 Å². The molecular formula is C17H23NO2. The van der Waals surface area contributed by atoms with Crippen molar-refractivity contribution in [2.24, 2.45) is 5.92 Å². The molecule has 3 rings (SSSR count). The minimum absolute atomic E-state index is 0.147. The van der Waals surface area contributed by atoms with Crippen LogP contribution < -0.4 is 9.64 Å². The molecule has 3 heteroatoms. The van der Waals surface area contributed by atoms with Crippen LogP contribution in [0.2, 0.25) is 0 Å². The van der Waals surface area contributed by atoms with Gasteiger partial charge in [0.2, 0.25) is 0 Å². The number of carbonyl (C=O) groups is 1. The normalized spacial score (nSPS) is 25.9. The van der Waals surface area contributed by atoms with E-state index in [0.717, 1.165) is 25.1 Å². The van der Waals surface area contributed by atoms with Crippen LogP contribution in [0.1, 0.15) is 37.7 Å². The summed E-state index contributed by atoms with van der Waals surface area (Å²) in [6.45, 7) is 1.06. The third-order valence-electron chi connectivity index (χ3n) is 4.78. The summed E-state index contributed by atoms with van der Waals surface area (Å²) >= 11 is 0. The van der Waals surface area contributed by atoms with Crippen LogP contribution in [-0.4, -0.2) is 26.0 Å². The summed E-state index contributed by atoms with van der Waals surface area (Å²) in [7, 11) is 1.71. The number of aldehydes is 1. The van der Waals surface area contributed by atoms with Gasteiger partial charge in [-0.15, -0.1) is 0 Å². The van der Waals surface area contributed by atoms with E-state index in [2.05, 4.69) is 17.0 Å². The van der Waals surface area contributed by atoms with Crippen molar-refractivity contribution >= 4 is 12.0 Å². The molecule has 1 fully saturated rings. The van der Waals surface area contributed by atoms with Crippen molar-refractivity contribution in [1.82, 2.24) is 0 Å². The lowest BCUT2D eigenvalue weighted by molar-refractivity contribution is -0.111. The summed E-state index contributed by atoms with van der Waals surface area (Å²) in [5, 5.41) is 0. The molecule has 3 nitrogen and oxygen atoms in total. The van der Waals surface area contributed by atoms with E-state index in [1.54, 1.807) is 7.11 Å². The number of hydrogen-bond donors (Lipinski definition) is 0. The lowest BCUT2D eigenvalue weighted by atomic mass is 9.82. The Labute approximate surface area is 120 Å². The van der Waals surface area contributed by atoms with Gasteiger partial charge in [-0.3, -0.25) is 0 Å². The van der Waals surface area contributed by atoms with E-state index < -0.39 is 0 Å². The average molecular weight is 273 g/mol. The summed E-state index contributed by atoms with van der Waals surface area (Å²) in [4.78, 5) is 14.0. The van der Waals surface area contributed by atoms with Crippen LogP contribution in [0, 0.1) is 5.92 Å². The predicted molar refractivity (Wildman–Crippen MR) is 80.5 cm³/mol. The lowest BCUT2D eigenvalue weighted by Gasteiger charge is -2.43. The van der Waals surface area contributed by atoms with Crippen LogP contribution >= 0.6 is 0 Å². The highest BCUT2D eigenvalue weighted by Gasteiger charge is 2.34. The van der Waals surface area contributed by atoms with Crippen molar-refractivity contribution in [2.45, 2.75) is 44.6 Å². The Bertz CT molecular complexity index is 486. The fraction of sp³-hybridized carbons (Fsp3) is 0.588. The monoisotopic (exact) mass is 273 g/mol. The molecule has 0 bridgehead atoms. The number of methoxy groups -OCH3 is 1. The first kappa shape index (κ1) is 13.5. The minimum Gasteiger partial charge on any atom is -0.497 e. The Morgan fingerprint density at radius 2 is 2.10 bits per heavy atom. The average Bonchev–Trinajstić information content (AvgIpc) is 2.46. The van der Waals surface area contributed by atoms with E-state index in [4.69, 9.17) is 4.74 Å². The molecule has 1 aromatic carbocycles. The summed E-state index contributed by atoms with van der Waals surface area (Å²) < 4.78 is 5.37. The molecular weight excluding hydrogens is 250 g/mol. The van der Waals surface area contributed by atoms with Gasteiger partial charge in [0.05, 0.1) is 7.11 Å². The maximum Gasteiger partial charge on any atom is 0.125 e. The van der Waals surface area contributed by atoms with E-state index in [-0.39, 0.29) is 5.92 Å². The fourth-order valence-corrected chi connectivity index (χ4v) is 3.69. The summed E-state index contributed by atoms with van der Waals surface area (Å²) in [6.07, 6.45) is 8.26. The number of ether oxygens (including phenoxy) is 1. The van der Waals surface area contributed by atoms with E-state index in [9.17, 15) is 4.79 Å². The van der Waals surface area contributed by atoms with Crippen molar-refractivity contribution in [1.29, 1.82) is 0 Å². The molecule has 0 radical (unpaired) electrons. The van der Waals surface area contributed by atoms with Crippen LogP contribution in [0.3, 0.4) is 0 Å². The molecule has 0 spiro atoms. The molecule has 1 saturated heterocycles. The van der Waals surface area contributed by atoms with E-state index in [1.165, 1.54) is 43.2 Å². The maximum atomic E-state index is 11.5. The van der Waals surface area contributed by atoms with Gasteiger partial charge in [-0.2, -0.15) is 0 Å². The molecule has 1 aromatic rings. The van der Waals surface area contributed by atoms with Crippen LogP contribution in [0.4, 0.5) is 5.69 Å². The predicted octanol–water partition coefficient (Wildman–Crippen LogP) is 3.21. The van der Waals surface area contributed by atoms with Gasteiger partial charge in [0.25, 0.3) is 0 Å². The van der Waals surface area contributed by atoms with E-state index in [0.29, 0.717) is 6.04 Å². The summed E-state index contributed by atoms with van der Waals surface area (Å²) in [5.41, 5.74) is 2.58. The van der Waals surface area contributed by atoms with Gasteiger partial charge in [-0.25, -0.2) is 0 Å².